The molecule has 1 unspecified atom stereocenters. The van der Waals surface area contributed by atoms with Crippen LogP contribution in [0, 0.1) is 0 Å². The lowest BCUT2D eigenvalue weighted by Gasteiger charge is -2.45. The molecule has 0 aromatic heterocycles. The minimum Gasteiger partial charge on any atom is -0.386 e. The second-order valence-electron chi connectivity index (χ2n) is 4.11. The molecule has 1 atom stereocenters. The van der Waals surface area contributed by atoms with Gasteiger partial charge in [-0.3, -0.25) is 9.59 Å². The number of amides is 2. The lowest BCUT2D eigenvalue weighted by atomic mass is 9.96. The van der Waals surface area contributed by atoms with Gasteiger partial charge in [-0.2, -0.15) is 0 Å². The van der Waals surface area contributed by atoms with Crippen molar-refractivity contribution in [2.75, 3.05) is 13.1 Å². The molecule has 14 heavy (non-hydrogen) atoms. The van der Waals surface area contributed by atoms with Gasteiger partial charge in [0.25, 0.3) is 0 Å². The van der Waals surface area contributed by atoms with Crippen LogP contribution in [0.15, 0.2) is 0 Å². The Bertz CT molecular complexity index is 255. The Morgan fingerprint density at radius 3 is 2.36 bits per heavy atom. The van der Waals surface area contributed by atoms with Crippen molar-refractivity contribution in [1.29, 1.82) is 0 Å². The van der Waals surface area contributed by atoms with Gasteiger partial charge in [0, 0.05) is 6.92 Å². The molecule has 1 aliphatic heterocycles. The van der Waals surface area contributed by atoms with Crippen LogP contribution >= 0.6 is 0 Å². The minimum absolute atomic E-state index is 0.147. The van der Waals surface area contributed by atoms with Crippen molar-refractivity contribution in [2.45, 2.75) is 32.4 Å². The van der Waals surface area contributed by atoms with Crippen LogP contribution in [0.2, 0.25) is 0 Å². The number of aliphatic hydroxyl groups is 1. The first-order valence-corrected chi connectivity index (χ1v) is 4.60. The van der Waals surface area contributed by atoms with Gasteiger partial charge in [0.15, 0.2) is 0 Å². The van der Waals surface area contributed by atoms with Gasteiger partial charge in [0.1, 0.15) is 6.04 Å². The van der Waals surface area contributed by atoms with E-state index in [1.807, 2.05) is 0 Å². The van der Waals surface area contributed by atoms with Crippen LogP contribution in [-0.4, -0.2) is 46.6 Å². The summed E-state index contributed by atoms with van der Waals surface area (Å²) in [7, 11) is 0. The number of hydrogen-bond acceptors (Lipinski definition) is 3. The van der Waals surface area contributed by atoms with Crippen molar-refractivity contribution in [3.05, 3.63) is 0 Å². The van der Waals surface area contributed by atoms with E-state index in [9.17, 15) is 14.7 Å². The van der Waals surface area contributed by atoms with Gasteiger partial charge in [-0.1, -0.05) is 0 Å². The van der Waals surface area contributed by atoms with E-state index in [4.69, 9.17) is 0 Å². The first-order valence-electron chi connectivity index (χ1n) is 4.60. The Morgan fingerprint density at radius 2 is 2.00 bits per heavy atom. The highest BCUT2D eigenvalue weighted by molar-refractivity contribution is 5.87. The largest absolute Gasteiger partial charge is 0.386 e. The molecule has 0 spiro atoms. The molecule has 80 valence electrons. The van der Waals surface area contributed by atoms with Gasteiger partial charge in [0.05, 0.1) is 18.7 Å². The van der Waals surface area contributed by atoms with Gasteiger partial charge >= 0.3 is 0 Å². The van der Waals surface area contributed by atoms with Crippen LogP contribution in [0.3, 0.4) is 0 Å². The van der Waals surface area contributed by atoms with Crippen LogP contribution in [0.25, 0.3) is 0 Å². The second-order valence-corrected chi connectivity index (χ2v) is 4.11. The molecule has 0 aliphatic carbocycles. The standard InChI is InChI=1S/C9H16N2O3/c1-6(10-7(2)12)8(13)11-4-9(3,14)5-11/h6,14H,4-5H2,1-3H3,(H,10,12). The highest BCUT2D eigenvalue weighted by atomic mass is 16.3. The first kappa shape index (κ1) is 11.0. The van der Waals surface area contributed by atoms with Crippen molar-refractivity contribution in [3.63, 3.8) is 0 Å². The predicted octanol–water partition coefficient (Wildman–Crippen LogP) is -0.896. The van der Waals surface area contributed by atoms with E-state index in [1.165, 1.54) is 11.8 Å². The summed E-state index contributed by atoms with van der Waals surface area (Å²) in [6, 6.07) is -0.511. The van der Waals surface area contributed by atoms with Gasteiger partial charge < -0.3 is 15.3 Å². The average Bonchev–Trinajstić information content (AvgIpc) is 1.97. The summed E-state index contributed by atoms with van der Waals surface area (Å²) in [6.07, 6.45) is 0. The van der Waals surface area contributed by atoms with Crippen LogP contribution in [0.1, 0.15) is 20.8 Å². The molecule has 0 radical (unpaired) electrons. The predicted molar refractivity (Wildman–Crippen MR) is 50.5 cm³/mol. The fourth-order valence-electron chi connectivity index (χ4n) is 1.57. The van der Waals surface area contributed by atoms with Crippen molar-refractivity contribution in [1.82, 2.24) is 10.2 Å². The molecule has 1 saturated heterocycles. The molecule has 0 aromatic rings. The lowest BCUT2D eigenvalue weighted by molar-refractivity contribution is -0.154. The number of carbonyl (C=O) groups excluding carboxylic acids is 2. The maximum absolute atomic E-state index is 11.5. The SMILES string of the molecule is CC(=O)NC(C)C(=O)N1CC(C)(O)C1. The Morgan fingerprint density at radius 1 is 1.50 bits per heavy atom. The fraction of sp³-hybridized carbons (Fsp3) is 0.778. The number of rotatable bonds is 2. The number of β-amino-alcohol motifs (C(OH)–C–C–N with tert-alkyl or cyclic N) is 1. The summed E-state index contributed by atoms with van der Waals surface area (Å²) in [4.78, 5) is 23.8. The quantitative estimate of drug-likeness (QED) is 0.607. The highest BCUT2D eigenvalue weighted by Gasteiger charge is 2.40. The molecule has 0 aromatic carbocycles. The highest BCUT2D eigenvalue weighted by Crippen LogP contribution is 2.20. The third kappa shape index (κ3) is 2.45. The molecule has 1 fully saturated rings. The maximum Gasteiger partial charge on any atom is 0.245 e. The summed E-state index contributed by atoms with van der Waals surface area (Å²) < 4.78 is 0. The zero-order chi connectivity index (χ0) is 10.9. The molecule has 0 saturated carbocycles. The third-order valence-corrected chi connectivity index (χ3v) is 2.16. The van der Waals surface area contributed by atoms with Gasteiger partial charge in [-0.05, 0) is 13.8 Å². The average molecular weight is 200 g/mol. The molecule has 1 rings (SSSR count). The first-order chi connectivity index (χ1) is 6.32. The molecular weight excluding hydrogens is 184 g/mol. The van der Waals surface area contributed by atoms with Crippen LogP contribution in [-0.2, 0) is 9.59 Å². The molecule has 2 N–H and O–H groups in total. The van der Waals surface area contributed by atoms with E-state index in [2.05, 4.69) is 5.32 Å². The van der Waals surface area contributed by atoms with Crippen LogP contribution in [0.5, 0.6) is 0 Å². The summed E-state index contributed by atoms with van der Waals surface area (Å²) in [5.74, 6) is -0.371. The van der Waals surface area contributed by atoms with E-state index in [-0.39, 0.29) is 11.8 Å². The fourth-order valence-corrected chi connectivity index (χ4v) is 1.57. The molecule has 1 heterocycles. The van der Waals surface area contributed by atoms with E-state index in [0.717, 1.165) is 0 Å². The van der Waals surface area contributed by atoms with Crippen LogP contribution in [0.4, 0.5) is 0 Å². The molecule has 5 heteroatoms. The maximum atomic E-state index is 11.5. The number of nitrogens with zero attached hydrogens (tertiary/aromatic N) is 1. The van der Waals surface area contributed by atoms with Gasteiger partial charge in [0.2, 0.25) is 11.8 Å². The third-order valence-electron chi connectivity index (χ3n) is 2.16. The normalized spacial score (nSPS) is 21.0. The molecule has 1 aliphatic rings. The molecule has 5 nitrogen and oxygen atoms in total. The van der Waals surface area contributed by atoms with Crippen molar-refractivity contribution >= 4 is 11.8 Å². The van der Waals surface area contributed by atoms with Crippen molar-refractivity contribution in [2.24, 2.45) is 0 Å². The number of carbonyl (C=O) groups is 2. The molecular formula is C9H16N2O3. The van der Waals surface area contributed by atoms with E-state index >= 15 is 0 Å². The zero-order valence-corrected chi connectivity index (χ0v) is 8.70. The Balaban J connectivity index is 2.40. The number of likely N-dealkylation sites (tertiary alicyclic amines) is 1. The van der Waals surface area contributed by atoms with Crippen molar-refractivity contribution < 1.29 is 14.7 Å². The smallest absolute Gasteiger partial charge is 0.245 e. The summed E-state index contributed by atoms with van der Waals surface area (Å²) >= 11 is 0. The van der Waals surface area contributed by atoms with E-state index in [0.29, 0.717) is 13.1 Å². The van der Waals surface area contributed by atoms with E-state index in [1.54, 1.807) is 13.8 Å². The summed E-state index contributed by atoms with van der Waals surface area (Å²) in [6.45, 7) is 5.37. The summed E-state index contributed by atoms with van der Waals surface area (Å²) in [5.41, 5.74) is -0.758. The number of nitrogens with one attached hydrogen (secondary N) is 1. The minimum atomic E-state index is -0.758. The molecule has 0 bridgehead atoms. The second kappa shape index (κ2) is 3.57. The lowest BCUT2D eigenvalue weighted by Crippen LogP contribution is -2.64. The number of hydrogen-bond donors (Lipinski definition) is 2. The van der Waals surface area contributed by atoms with Gasteiger partial charge in [-0.15, -0.1) is 0 Å². The Labute approximate surface area is 83.1 Å². The molecule has 2 amide bonds. The Hall–Kier alpha value is -1.10. The van der Waals surface area contributed by atoms with Crippen molar-refractivity contribution in [3.8, 4) is 0 Å². The Kier molecular flexibility index (Phi) is 2.80. The topological polar surface area (TPSA) is 69.6 Å². The van der Waals surface area contributed by atoms with Crippen LogP contribution < -0.4 is 5.32 Å². The van der Waals surface area contributed by atoms with Gasteiger partial charge in [-0.25, -0.2) is 0 Å². The zero-order valence-electron chi connectivity index (χ0n) is 8.70. The monoisotopic (exact) mass is 200 g/mol. The summed E-state index contributed by atoms with van der Waals surface area (Å²) in [5, 5.41) is 11.9. The van der Waals surface area contributed by atoms with E-state index < -0.39 is 11.6 Å².